The van der Waals surface area contributed by atoms with Crippen LogP contribution in [0.3, 0.4) is 0 Å². The van der Waals surface area contributed by atoms with Gasteiger partial charge in [0.15, 0.2) is 10.9 Å². The Kier molecular flexibility index (Phi) is 8.58. The predicted molar refractivity (Wildman–Crippen MR) is 146 cm³/mol. The number of hydrogen-bond acceptors (Lipinski definition) is 9. The Morgan fingerprint density at radius 1 is 1.24 bits per heavy atom. The highest BCUT2D eigenvalue weighted by Crippen LogP contribution is 2.33. The first-order valence-electron chi connectivity index (χ1n) is 12.3. The molecule has 1 saturated heterocycles. The second kappa shape index (κ2) is 11.7. The van der Waals surface area contributed by atoms with Crippen molar-refractivity contribution in [1.29, 1.82) is 0 Å². The third-order valence-corrected chi connectivity index (χ3v) is 8.02. The summed E-state index contributed by atoms with van der Waals surface area (Å²) in [6.07, 6.45) is 5.28. The molecule has 37 heavy (non-hydrogen) atoms. The van der Waals surface area contributed by atoms with Crippen LogP contribution in [0.1, 0.15) is 50.0 Å². The molecule has 0 aliphatic carbocycles. The summed E-state index contributed by atoms with van der Waals surface area (Å²) in [4.78, 5) is 24.0. The van der Waals surface area contributed by atoms with Gasteiger partial charge in [0.2, 0.25) is 10.0 Å². The minimum Gasteiger partial charge on any atom is -0.489 e. The van der Waals surface area contributed by atoms with Gasteiger partial charge in [-0.1, -0.05) is 0 Å². The van der Waals surface area contributed by atoms with Gasteiger partial charge in [0.25, 0.3) is 0 Å². The van der Waals surface area contributed by atoms with Gasteiger partial charge in [-0.25, -0.2) is 18.5 Å². The van der Waals surface area contributed by atoms with Gasteiger partial charge >= 0.3 is 0 Å². The fraction of sp³-hybridized carbons (Fsp3) is 0.423. The van der Waals surface area contributed by atoms with E-state index in [9.17, 15) is 13.2 Å². The van der Waals surface area contributed by atoms with E-state index in [-0.39, 0.29) is 16.8 Å². The molecule has 3 N–H and O–H groups in total. The SMILES string of the molecule is CC(C)Oc1ccc(S(N)(=O)=O)cc1Nc1nc(-c2ccc(C(=O)CCC3CCN(C)CC3)nc2)cs1. The van der Waals surface area contributed by atoms with Crippen LogP contribution in [-0.2, 0) is 10.0 Å². The van der Waals surface area contributed by atoms with Gasteiger partial charge in [0.1, 0.15) is 11.4 Å². The highest BCUT2D eigenvalue weighted by molar-refractivity contribution is 7.89. The summed E-state index contributed by atoms with van der Waals surface area (Å²) in [6, 6.07) is 8.02. The molecule has 3 heterocycles. The first-order valence-corrected chi connectivity index (χ1v) is 14.8. The number of likely N-dealkylation sites (tertiary alicyclic amines) is 1. The standard InChI is InChI=1S/C26H33N5O4S2/c1-17(2)35-25-9-6-20(37(27,33)34)14-22(25)29-26-30-23(16-36-26)19-5-7-21(28-15-19)24(32)8-4-18-10-12-31(3)13-11-18/h5-7,9,14-18H,4,8,10-13H2,1-3H3,(H,29,30)(H2,27,33,34). The Morgan fingerprint density at radius 2 is 2.00 bits per heavy atom. The molecule has 1 aliphatic heterocycles. The molecule has 1 aromatic carbocycles. The maximum atomic E-state index is 12.7. The van der Waals surface area contributed by atoms with Crippen molar-refractivity contribution in [1.82, 2.24) is 14.9 Å². The van der Waals surface area contributed by atoms with Crippen molar-refractivity contribution in [2.24, 2.45) is 11.1 Å². The monoisotopic (exact) mass is 543 g/mol. The van der Waals surface area contributed by atoms with Crippen LogP contribution in [0.25, 0.3) is 11.3 Å². The van der Waals surface area contributed by atoms with Gasteiger partial charge < -0.3 is 15.0 Å². The number of sulfonamides is 1. The van der Waals surface area contributed by atoms with Crippen LogP contribution < -0.4 is 15.2 Å². The molecule has 0 saturated carbocycles. The third-order valence-electron chi connectivity index (χ3n) is 6.35. The van der Waals surface area contributed by atoms with Crippen molar-refractivity contribution >= 4 is 38.0 Å². The Hall–Kier alpha value is -2.86. The molecular weight excluding hydrogens is 510 g/mol. The van der Waals surface area contributed by atoms with Crippen molar-refractivity contribution in [2.75, 3.05) is 25.5 Å². The summed E-state index contributed by atoms with van der Waals surface area (Å²) in [5, 5.41) is 10.9. The number of carbonyl (C=O) groups excluding carboxylic acids is 1. The van der Waals surface area contributed by atoms with Crippen molar-refractivity contribution in [3.8, 4) is 17.0 Å². The number of benzene rings is 1. The van der Waals surface area contributed by atoms with Gasteiger partial charge in [-0.05, 0) is 89.5 Å². The number of ketones is 1. The Bertz CT molecular complexity index is 1330. The number of aromatic nitrogens is 2. The van der Waals surface area contributed by atoms with E-state index in [1.807, 2.05) is 25.3 Å². The average molecular weight is 544 g/mol. The van der Waals surface area contributed by atoms with Crippen LogP contribution in [0.5, 0.6) is 5.75 Å². The second-order valence-corrected chi connectivity index (χ2v) is 12.1. The number of primary sulfonamides is 1. The van der Waals surface area contributed by atoms with E-state index >= 15 is 0 Å². The quantitative estimate of drug-likeness (QED) is 0.353. The molecule has 0 unspecified atom stereocenters. The largest absolute Gasteiger partial charge is 0.489 e. The number of piperidine rings is 1. The van der Waals surface area contributed by atoms with Crippen molar-refractivity contribution in [3.63, 3.8) is 0 Å². The average Bonchev–Trinajstić information content (AvgIpc) is 3.32. The molecule has 0 radical (unpaired) electrons. The summed E-state index contributed by atoms with van der Waals surface area (Å²) in [7, 11) is -1.74. The third kappa shape index (κ3) is 7.35. The van der Waals surface area contributed by atoms with Gasteiger partial charge in [-0.2, -0.15) is 0 Å². The Labute approximate surface area is 222 Å². The molecule has 198 valence electrons. The van der Waals surface area contributed by atoms with Crippen LogP contribution in [-0.4, -0.2) is 55.3 Å². The number of pyridine rings is 1. The van der Waals surface area contributed by atoms with Crippen LogP contribution in [0.2, 0.25) is 0 Å². The van der Waals surface area contributed by atoms with Crippen molar-refractivity contribution in [3.05, 3.63) is 47.6 Å². The Balaban J connectivity index is 1.43. The zero-order valence-corrected chi connectivity index (χ0v) is 22.9. The topological polar surface area (TPSA) is 128 Å². The van der Waals surface area contributed by atoms with Crippen molar-refractivity contribution < 1.29 is 17.9 Å². The van der Waals surface area contributed by atoms with Crippen molar-refractivity contribution in [2.45, 2.75) is 50.5 Å². The smallest absolute Gasteiger partial charge is 0.238 e. The molecule has 3 aromatic rings. The summed E-state index contributed by atoms with van der Waals surface area (Å²) in [5.41, 5.74) is 2.40. The molecule has 11 heteroatoms. The number of thiazole rings is 1. The number of hydrogen-bond donors (Lipinski definition) is 2. The van der Waals surface area contributed by atoms with Crippen LogP contribution in [0.4, 0.5) is 10.8 Å². The fourth-order valence-electron chi connectivity index (χ4n) is 4.24. The number of nitrogens with one attached hydrogen (secondary N) is 1. The molecule has 0 atom stereocenters. The van der Waals surface area contributed by atoms with E-state index in [0.717, 1.165) is 37.9 Å². The van der Waals surface area contributed by atoms with E-state index in [1.165, 1.54) is 23.5 Å². The van der Waals surface area contributed by atoms with E-state index in [2.05, 4.69) is 27.2 Å². The van der Waals surface area contributed by atoms with Gasteiger partial charge in [-0.15, -0.1) is 11.3 Å². The zero-order chi connectivity index (χ0) is 26.6. The van der Waals surface area contributed by atoms with Crippen LogP contribution in [0, 0.1) is 5.92 Å². The highest BCUT2D eigenvalue weighted by atomic mass is 32.2. The summed E-state index contributed by atoms with van der Waals surface area (Å²) < 4.78 is 29.5. The highest BCUT2D eigenvalue weighted by Gasteiger charge is 2.19. The summed E-state index contributed by atoms with van der Waals surface area (Å²) in [6.45, 7) is 5.96. The van der Waals surface area contributed by atoms with Crippen LogP contribution >= 0.6 is 11.3 Å². The number of nitrogens with two attached hydrogens (primary N) is 1. The maximum Gasteiger partial charge on any atom is 0.238 e. The van der Waals surface area contributed by atoms with Gasteiger partial charge in [0.05, 0.1) is 22.4 Å². The summed E-state index contributed by atoms with van der Waals surface area (Å²) >= 11 is 1.36. The lowest BCUT2D eigenvalue weighted by Gasteiger charge is -2.28. The van der Waals surface area contributed by atoms with E-state index in [4.69, 9.17) is 9.88 Å². The molecule has 2 aromatic heterocycles. The molecule has 0 spiro atoms. The lowest BCUT2D eigenvalue weighted by Crippen LogP contribution is -2.30. The molecule has 4 rings (SSSR count). The molecule has 9 nitrogen and oxygen atoms in total. The predicted octanol–water partition coefficient (Wildman–Crippen LogP) is 4.69. The normalized spacial score (nSPS) is 15.2. The van der Waals surface area contributed by atoms with Gasteiger partial charge in [0, 0.05) is 23.6 Å². The number of rotatable bonds is 10. The lowest BCUT2D eigenvalue weighted by molar-refractivity contribution is 0.0960. The van der Waals surface area contributed by atoms with E-state index < -0.39 is 10.0 Å². The number of Topliss-reactive ketones (excluding diaryl/α,β-unsaturated/α-hetero) is 1. The fourth-order valence-corrected chi connectivity index (χ4v) is 5.52. The second-order valence-electron chi connectivity index (χ2n) is 9.67. The maximum absolute atomic E-state index is 12.7. The van der Waals surface area contributed by atoms with E-state index in [0.29, 0.717) is 40.3 Å². The molecule has 0 bridgehead atoms. The Morgan fingerprint density at radius 3 is 2.65 bits per heavy atom. The minimum absolute atomic E-state index is 0.0248. The summed E-state index contributed by atoms with van der Waals surface area (Å²) in [5.74, 6) is 1.17. The number of ether oxygens (including phenoxy) is 1. The van der Waals surface area contributed by atoms with Gasteiger partial charge in [-0.3, -0.25) is 9.78 Å². The first-order chi connectivity index (χ1) is 17.6. The number of anilines is 2. The molecular formula is C26H33N5O4S2. The lowest BCUT2D eigenvalue weighted by atomic mass is 9.91. The number of nitrogens with zero attached hydrogens (tertiary/aromatic N) is 3. The van der Waals surface area contributed by atoms with E-state index in [1.54, 1.807) is 18.3 Å². The molecule has 1 aliphatic rings. The molecule has 0 amide bonds. The first kappa shape index (κ1) is 27.2. The molecule has 1 fully saturated rings. The van der Waals surface area contributed by atoms with Crippen LogP contribution in [0.15, 0.2) is 46.8 Å². The minimum atomic E-state index is -3.88. The number of carbonyl (C=O) groups is 1. The zero-order valence-electron chi connectivity index (χ0n) is 21.3.